The number of para-hydroxylation sites is 1. The van der Waals surface area contributed by atoms with Crippen LogP contribution in [0.5, 0.6) is 0 Å². The largest absolute Gasteiger partial charge is 0.387 e. The number of nitrogens with zero attached hydrogens (tertiary/aromatic N) is 1. The Morgan fingerprint density at radius 2 is 1.93 bits per heavy atom. The van der Waals surface area contributed by atoms with Crippen LogP contribution in [0.2, 0.25) is 0 Å². The van der Waals surface area contributed by atoms with Crippen LogP contribution in [0, 0.1) is 0 Å². The first-order valence-electron chi connectivity index (χ1n) is 9.02. The number of benzene rings is 2. The van der Waals surface area contributed by atoms with Gasteiger partial charge in [-0.25, -0.2) is 4.98 Å². The third-order valence-corrected chi connectivity index (χ3v) is 4.65. The summed E-state index contributed by atoms with van der Waals surface area (Å²) in [5.74, 6) is -0.299. The number of pyridine rings is 1. The number of nitrogens with two attached hydrogens (primary N) is 1. The van der Waals surface area contributed by atoms with E-state index >= 15 is 0 Å². The number of fused-ring (bicyclic) bond motifs is 1. The summed E-state index contributed by atoms with van der Waals surface area (Å²) in [7, 11) is 0. The smallest absolute Gasteiger partial charge is 0.261 e. The number of aromatic amines is 2. The minimum atomic E-state index is -0.750. The third-order valence-electron chi connectivity index (χ3n) is 4.65. The van der Waals surface area contributed by atoms with E-state index in [1.54, 1.807) is 24.3 Å². The number of nitrogens with one attached hydrogen (secondary N) is 3. The van der Waals surface area contributed by atoms with Gasteiger partial charge in [0.1, 0.15) is 16.9 Å². The van der Waals surface area contributed by atoms with Gasteiger partial charge in [0, 0.05) is 12.7 Å². The van der Waals surface area contributed by atoms with Gasteiger partial charge in [0.15, 0.2) is 0 Å². The van der Waals surface area contributed by atoms with Gasteiger partial charge in [0.25, 0.3) is 11.5 Å². The normalized spacial score (nSPS) is 12.0. The van der Waals surface area contributed by atoms with Crippen LogP contribution in [0.4, 0.5) is 5.69 Å². The number of hydrogen-bond acceptors (Lipinski definition) is 5. The second-order valence-electron chi connectivity index (χ2n) is 6.55. The summed E-state index contributed by atoms with van der Waals surface area (Å²) in [5.41, 5.74) is 7.87. The predicted molar refractivity (Wildman–Crippen MR) is 111 cm³/mol. The van der Waals surface area contributed by atoms with Crippen LogP contribution in [-0.2, 0) is 0 Å². The molecule has 29 heavy (non-hydrogen) atoms. The highest BCUT2D eigenvalue weighted by Gasteiger charge is 2.17. The molecule has 0 bridgehead atoms. The Morgan fingerprint density at radius 3 is 2.69 bits per heavy atom. The summed E-state index contributed by atoms with van der Waals surface area (Å²) in [6.07, 6.45) is 0.765. The first kappa shape index (κ1) is 18.5. The van der Waals surface area contributed by atoms with Crippen molar-refractivity contribution in [3.05, 3.63) is 82.3 Å². The molecule has 0 fully saturated rings. The molecule has 0 aliphatic carbocycles. The van der Waals surface area contributed by atoms with Crippen molar-refractivity contribution in [1.29, 1.82) is 0 Å². The van der Waals surface area contributed by atoms with Gasteiger partial charge in [-0.1, -0.05) is 36.4 Å². The monoisotopic (exact) mass is 389 g/mol. The molecule has 8 nitrogen and oxygen atoms in total. The van der Waals surface area contributed by atoms with Gasteiger partial charge in [-0.05, 0) is 23.8 Å². The molecule has 2 aromatic heterocycles. The molecule has 0 aliphatic heterocycles. The van der Waals surface area contributed by atoms with Crippen molar-refractivity contribution in [2.75, 3.05) is 11.9 Å². The maximum absolute atomic E-state index is 12.5. The lowest BCUT2D eigenvalue weighted by Gasteiger charge is -2.14. The van der Waals surface area contributed by atoms with Gasteiger partial charge in [0.05, 0.1) is 22.9 Å². The molecule has 1 atom stereocenters. The highest BCUT2D eigenvalue weighted by molar-refractivity contribution is 6.04. The average Bonchev–Trinajstić information content (AvgIpc) is 3.16. The number of H-pyrrole nitrogens is 2. The number of amides is 1. The van der Waals surface area contributed by atoms with Crippen LogP contribution in [0.15, 0.2) is 65.6 Å². The highest BCUT2D eigenvalue weighted by Crippen LogP contribution is 2.26. The number of aliphatic hydroxyl groups is 1. The van der Waals surface area contributed by atoms with Crippen molar-refractivity contribution in [1.82, 2.24) is 15.0 Å². The molecule has 2 aromatic carbocycles. The summed E-state index contributed by atoms with van der Waals surface area (Å²) in [6, 6.07) is 15.9. The Kier molecular flexibility index (Phi) is 4.84. The van der Waals surface area contributed by atoms with Crippen LogP contribution >= 0.6 is 0 Å². The van der Waals surface area contributed by atoms with E-state index in [4.69, 9.17) is 5.73 Å². The molecule has 4 aromatic rings. The minimum absolute atomic E-state index is 0.202. The standard InChI is InChI=1S/C21H19N5O3/c22-19(28)13-7-4-8-15-18(13)26-20(25-15)17-14(9-10-23-21(17)29)24-11-16(27)12-5-2-1-3-6-12/h1-10,16,27H,11H2,(H2,22,28)(H,25,26)(H2,23,24,29)/t16-/m1/s1. The number of anilines is 1. The Labute approximate surface area is 165 Å². The molecule has 0 saturated heterocycles. The number of imidazole rings is 1. The highest BCUT2D eigenvalue weighted by atomic mass is 16.3. The van der Waals surface area contributed by atoms with E-state index in [2.05, 4.69) is 20.3 Å². The number of hydrogen-bond donors (Lipinski definition) is 5. The molecule has 0 spiro atoms. The second-order valence-corrected chi connectivity index (χ2v) is 6.55. The summed E-state index contributed by atoms with van der Waals surface area (Å²) in [6.45, 7) is 0.202. The Balaban J connectivity index is 1.70. The van der Waals surface area contributed by atoms with Crippen molar-refractivity contribution in [2.45, 2.75) is 6.10 Å². The van der Waals surface area contributed by atoms with Gasteiger partial charge in [-0.15, -0.1) is 0 Å². The zero-order valence-electron chi connectivity index (χ0n) is 15.3. The summed E-state index contributed by atoms with van der Waals surface area (Å²) in [4.78, 5) is 34.3. The van der Waals surface area contributed by atoms with Crippen LogP contribution in [0.3, 0.4) is 0 Å². The molecule has 8 heteroatoms. The number of aliphatic hydroxyl groups excluding tert-OH is 1. The quantitative estimate of drug-likeness (QED) is 0.344. The molecule has 0 aliphatic rings. The van der Waals surface area contributed by atoms with Crippen molar-refractivity contribution < 1.29 is 9.90 Å². The van der Waals surface area contributed by atoms with Crippen LogP contribution in [0.1, 0.15) is 22.0 Å². The second kappa shape index (κ2) is 7.61. The van der Waals surface area contributed by atoms with E-state index in [-0.39, 0.29) is 23.2 Å². The van der Waals surface area contributed by atoms with Crippen molar-refractivity contribution in [3.8, 4) is 11.4 Å². The molecular formula is C21H19N5O3. The first-order chi connectivity index (χ1) is 14.0. The number of carbonyl (C=O) groups excluding carboxylic acids is 1. The van der Waals surface area contributed by atoms with E-state index in [1.807, 2.05) is 30.3 Å². The Morgan fingerprint density at radius 1 is 1.14 bits per heavy atom. The lowest BCUT2D eigenvalue weighted by Crippen LogP contribution is -2.17. The van der Waals surface area contributed by atoms with Gasteiger partial charge in [-0.2, -0.15) is 0 Å². The SMILES string of the molecule is NC(=O)c1cccc2[nH]c(-c3c(NC[C@@H](O)c4ccccc4)cc[nH]c3=O)nc12. The summed E-state index contributed by atoms with van der Waals surface area (Å²) < 4.78 is 0. The number of aromatic nitrogens is 3. The van der Waals surface area contributed by atoms with Gasteiger partial charge in [-0.3, -0.25) is 9.59 Å². The fourth-order valence-corrected chi connectivity index (χ4v) is 3.21. The van der Waals surface area contributed by atoms with E-state index in [1.165, 1.54) is 6.20 Å². The molecule has 2 heterocycles. The molecule has 4 rings (SSSR count). The number of primary amides is 1. The van der Waals surface area contributed by atoms with E-state index in [0.29, 0.717) is 22.5 Å². The average molecular weight is 389 g/mol. The summed E-state index contributed by atoms with van der Waals surface area (Å²) >= 11 is 0. The van der Waals surface area contributed by atoms with Crippen LogP contribution in [-0.4, -0.2) is 32.5 Å². The van der Waals surface area contributed by atoms with Crippen LogP contribution < -0.4 is 16.6 Å². The topological polar surface area (TPSA) is 137 Å². The molecular weight excluding hydrogens is 370 g/mol. The third kappa shape index (κ3) is 3.61. The molecule has 146 valence electrons. The Bertz CT molecular complexity index is 1230. The predicted octanol–water partition coefficient (Wildman–Crippen LogP) is 2.16. The minimum Gasteiger partial charge on any atom is -0.387 e. The maximum atomic E-state index is 12.5. The maximum Gasteiger partial charge on any atom is 0.261 e. The lowest BCUT2D eigenvalue weighted by atomic mass is 10.1. The zero-order valence-corrected chi connectivity index (χ0v) is 15.3. The molecule has 1 amide bonds. The van der Waals surface area contributed by atoms with Crippen molar-refractivity contribution in [2.24, 2.45) is 5.73 Å². The number of carbonyl (C=O) groups is 1. The molecule has 0 radical (unpaired) electrons. The van der Waals surface area contributed by atoms with Gasteiger partial charge < -0.3 is 26.1 Å². The fourth-order valence-electron chi connectivity index (χ4n) is 3.21. The number of rotatable bonds is 6. The summed E-state index contributed by atoms with van der Waals surface area (Å²) in [5, 5.41) is 13.5. The van der Waals surface area contributed by atoms with E-state index in [0.717, 1.165) is 5.56 Å². The van der Waals surface area contributed by atoms with Crippen molar-refractivity contribution >= 4 is 22.6 Å². The van der Waals surface area contributed by atoms with Gasteiger partial charge in [0.2, 0.25) is 0 Å². The van der Waals surface area contributed by atoms with E-state index < -0.39 is 12.0 Å². The molecule has 0 unspecified atom stereocenters. The van der Waals surface area contributed by atoms with E-state index in [9.17, 15) is 14.7 Å². The first-order valence-corrected chi connectivity index (χ1v) is 9.02. The molecule has 6 N–H and O–H groups in total. The van der Waals surface area contributed by atoms with Gasteiger partial charge >= 0.3 is 0 Å². The van der Waals surface area contributed by atoms with Crippen LogP contribution in [0.25, 0.3) is 22.4 Å². The van der Waals surface area contributed by atoms with Crippen molar-refractivity contribution in [3.63, 3.8) is 0 Å². The zero-order chi connectivity index (χ0) is 20.4. The lowest BCUT2D eigenvalue weighted by molar-refractivity contribution is 0.100. The molecule has 0 saturated carbocycles. The fraction of sp³-hybridized carbons (Fsp3) is 0.0952. The Hall–Kier alpha value is -3.91.